The van der Waals surface area contributed by atoms with Crippen molar-refractivity contribution in [1.29, 1.82) is 0 Å². The number of anilines is 2. The van der Waals surface area contributed by atoms with Crippen LogP contribution in [-0.2, 0) is 23.0 Å². The quantitative estimate of drug-likeness (QED) is 0.829. The number of hydrogen-bond acceptors (Lipinski definition) is 4. The van der Waals surface area contributed by atoms with Gasteiger partial charge in [-0.2, -0.15) is 8.42 Å². The fraction of sp³-hybridized carbons (Fsp3) is 0.400. The van der Waals surface area contributed by atoms with Gasteiger partial charge in [0.15, 0.2) is 0 Å². The van der Waals surface area contributed by atoms with E-state index in [2.05, 4.69) is 72.4 Å². The highest BCUT2D eigenvalue weighted by Gasteiger charge is 2.19. The number of nitrogens with zero attached hydrogens (tertiary/aromatic N) is 2. The lowest BCUT2D eigenvalue weighted by Crippen LogP contribution is -2.23. The Kier molecular flexibility index (Phi) is 7.20. The summed E-state index contributed by atoms with van der Waals surface area (Å²) in [5, 5.41) is 0. The van der Waals surface area contributed by atoms with Gasteiger partial charge in [-0.15, -0.1) is 0 Å². The summed E-state index contributed by atoms with van der Waals surface area (Å²) < 4.78 is 25.9. The molecule has 0 saturated heterocycles. The van der Waals surface area contributed by atoms with Crippen molar-refractivity contribution in [3.63, 3.8) is 0 Å². The molecule has 5 nitrogen and oxygen atoms in total. The number of benzene rings is 2. The summed E-state index contributed by atoms with van der Waals surface area (Å²) in [6.45, 7) is 2.20. The van der Waals surface area contributed by atoms with Crippen molar-refractivity contribution in [2.75, 3.05) is 38.3 Å². The van der Waals surface area contributed by atoms with Gasteiger partial charge in [-0.25, -0.2) is 0 Å². The normalized spacial score (nSPS) is 13.3. The summed E-state index contributed by atoms with van der Waals surface area (Å²) in [5.74, 6) is 0. The SMILES string of the molecule is CN(C)CCCN1c2ccccc2CCc2ccccc21.CS(=O)(=O)O. The van der Waals surface area contributed by atoms with E-state index in [1.165, 1.54) is 28.9 Å². The van der Waals surface area contributed by atoms with Crippen molar-refractivity contribution in [2.45, 2.75) is 19.3 Å². The summed E-state index contributed by atoms with van der Waals surface area (Å²) >= 11 is 0. The topological polar surface area (TPSA) is 60.9 Å². The molecule has 0 aliphatic carbocycles. The van der Waals surface area contributed by atoms with E-state index in [0.717, 1.165) is 25.9 Å². The van der Waals surface area contributed by atoms with E-state index < -0.39 is 10.1 Å². The molecule has 0 amide bonds. The summed E-state index contributed by atoms with van der Waals surface area (Å²) in [7, 11) is 0.620. The third-order valence-corrected chi connectivity index (χ3v) is 4.22. The van der Waals surface area contributed by atoms with Crippen molar-refractivity contribution < 1.29 is 13.0 Å². The zero-order chi connectivity index (χ0) is 19.2. The summed E-state index contributed by atoms with van der Waals surface area (Å²) in [5.41, 5.74) is 5.72. The maximum absolute atomic E-state index is 9.19. The fourth-order valence-corrected chi connectivity index (χ4v) is 3.16. The summed E-state index contributed by atoms with van der Waals surface area (Å²) in [6, 6.07) is 17.7. The Hall–Kier alpha value is -1.89. The highest BCUT2D eigenvalue weighted by Crippen LogP contribution is 2.35. The minimum Gasteiger partial charge on any atom is -0.341 e. The van der Waals surface area contributed by atoms with E-state index in [-0.39, 0.29) is 0 Å². The molecule has 0 fully saturated rings. The molecule has 0 radical (unpaired) electrons. The van der Waals surface area contributed by atoms with Crippen LogP contribution in [0.2, 0.25) is 0 Å². The molecule has 0 bridgehead atoms. The van der Waals surface area contributed by atoms with Gasteiger partial charge in [-0.1, -0.05) is 36.4 Å². The lowest BCUT2D eigenvalue weighted by Gasteiger charge is -2.27. The first kappa shape index (κ1) is 20.4. The highest BCUT2D eigenvalue weighted by molar-refractivity contribution is 7.85. The molecule has 26 heavy (non-hydrogen) atoms. The van der Waals surface area contributed by atoms with Gasteiger partial charge in [-0.05, 0) is 63.2 Å². The van der Waals surface area contributed by atoms with E-state index in [4.69, 9.17) is 4.55 Å². The molecule has 2 aromatic rings. The van der Waals surface area contributed by atoms with E-state index in [0.29, 0.717) is 6.26 Å². The first-order chi connectivity index (χ1) is 12.3. The van der Waals surface area contributed by atoms with Crippen LogP contribution in [-0.4, -0.2) is 51.3 Å². The van der Waals surface area contributed by atoms with E-state index in [1.54, 1.807) is 0 Å². The van der Waals surface area contributed by atoms with Crippen molar-refractivity contribution in [1.82, 2.24) is 4.90 Å². The third-order valence-electron chi connectivity index (χ3n) is 4.22. The first-order valence-electron chi connectivity index (χ1n) is 8.76. The molecule has 0 spiro atoms. The second kappa shape index (κ2) is 9.16. The second-order valence-electron chi connectivity index (χ2n) is 6.80. The van der Waals surface area contributed by atoms with Crippen molar-refractivity contribution in [3.8, 4) is 0 Å². The molecule has 3 rings (SSSR count). The molecular formula is C20H28N2O3S. The van der Waals surface area contributed by atoms with Crippen molar-refractivity contribution >= 4 is 21.5 Å². The van der Waals surface area contributed by atoms with Crippen LogP contribution in [0.25, 0.3) is 0 Å². The monoisotopic (exact) mass is 376 g/mol. The van der Waals surface area contributed by atoms with Crippen LogP contribution in [0.1, 0.15) is 17.5 Å². The van der Waals surface area contributed by atoms with Gasteiger partial charge in [0.25, 0.3) is 10.1 Å². The van der Waals surface area contributed by atoms with Gasteiger partial charge < -0.3 is 9.80 Å². The number of fused-ring (bicyclic) bond motifs is 2. The largest absolute Gasteiger partial charge is 0.341 e. The number of hydrogen-bond donors (Lipinski definition) is 1. The maximum atomic E-state index is 9.19. The smallest absolute Gasteiger partial charge is 0.261 e. The minimum absolute atomic E-state index is 0.715. The molecule has 0 aromatic heterocycles. The molecular weight excluding hydrogens is 348 g/mol. The van der Waals surface area contributed by atoms with Crippen LogP contribution in [0.5, 0.6) is 0 Å². The van der Waals surface area contributed by atoms with Crippen LogP contribution in [0.15, 0.2) is 48.5 Å². The Morgan fingerprint density at radius 1 is 0.962 bits per heavy atom. The van der Waals surface area contributed by atoms with Gasteiger partial charge in [-0.3, -0.25) is 4.55 Å². The lowest BCUT2D eigenvalue weighted by atomic mass is 10.0. The second-order valence-corrected chi connectivity index (χ2v) is 8.26. The first-order valence-corrected chi connectivity index (χ1v) is 10.6. The molecule has 6 heteroatoms. The average Bonchev–Trinajstić information content (AvgIpc) is 2.71. The van der Waals surface area contributed by atoms with Crippen LogP contribution in [0.3, 0.4) is 0 Å². The lowest BCUT2D eigenvalue weighted by molar-refractivity contribution is 0.402. The third kappa shape index (κ3) is 6.44. The Morgan fingerprint density at radius 2 is 1.38 bits per heavy atom. The van der Waals surface area contributed by atoms with E-state index in [1.807, 2.05) is 0 Å². The maximum Gasteiger partial charge on any atom is 0.261 e. The Labute approximate surface area is 157 Å². The fourth-order valence-electron chi connectivity index (χ4n) is 3.16. The van der Waals surface area contributed by atoms with Gasteiger partial charge in [0.05, 0.1) is 6.26 Å². The Bertz CT molecular complexity index is 764. The predicted octanol–water partition coefficient (Wildman–Crippen LogP) is 3.38. The average molecular weight is 377 g/mol. The summed E-state index contributed by atoms with van der Waals surface area (Å²) in [6.07, 6.45) is 4.16. The van der Waals surface area contributed by atoms with Gasteiger partial charge in [0.2, 0.25) is 0 Å². The Morgan fingerprint density at radius 3 is 1.81 bits per heavy atom. The molecule has 2 aromatic carbocycles. The highest BCUT2D eigenvalue weighted by atomic mass is 32.2. The van der Waals surface area contributed by atoms with Gasteiger partial charge >= 0.3 is 0 Å². The zero-order valence-electron chi connectivity index (χ0n) is 15.7. The van der Waals surface area contributed by atoms with Crippen LogP contribution >= 0.6 is 0 Å². The van der Waals surface area contributed by atoms with Crippen LogP contribution in [0, 0.1) is 0 Å². The van der Waals surface area contributed by atoms with Crippen LogP contribution in [0.4, 0.5) is 11.4 Å². The molecule has 0 unspecified atom stereocenters. The molecule has 1 aliphatic heterocycles. The molecule has 1 N–H and O–H groups in total. The molecule has 0 atom stereocenters. The van der Waals surface area contributed by atoms with Gasteiger partial charge in [0.1, 0.15) is 0 Å². The molecule has 0 saturated carbocycles. The number of rotatable bonds is 4. The van der Waals surface area contributed by atoms with E-state index >= 15 is 0 Å². The van der Waals surface area contributed by atoms with Crippen molar-refractivity contribution in [3.05, 3.63) is 59.7 Å². The summed E-state index contributed by atoms with van der Waals surface area (Å²) in [4.78, 5) is 4.77. The van der Waals surface area contributed by atoms with Crippen LogP contribution < -0.4 is 4.90 Å². The molecule has 1 heterocycles. The molecule has 1 aliphatic rings. The number of aryl methyl sites for hydroxylation is 2. The predicted molar refractivity (Wildman–Crippen MR) is 108 cm³/mol. The van der Waals surface area contributed by atoms with Crippen molar-refractivity contribution in [2.24, 2.45) is 0 Å². The number of para-hydroxylation sites is 2. The Balaban J connectivity index is 0.000000431. The molecule has 142 valence electrons. The van der Waals surface area contributed by atoms with Gasteiger partial charge in [0, 0.05) is 17.9 Å². The zero-order valence-corrected chi connectivity index (χ0v) is 16.5. The standard InChI is InChI=1S/C19H24N2.CH4O3S/c1-20(2)14-7-15-21-18-10-5-3-8-16(18)12-13-17-9-4-6-11-19(17)21;1-5(2,3)4/h3-6,8-11H,7,12-15H2,1-2H3;1H3,(H,2,3,4). The van der Waals surface area contributed by atoms with E-state index in [9.17, 15) is 8.42 Å². The minimum atomic E-state index is -3.67.